The normalized spacial score (nSPS) is 18.0. The Labute approximate surface area is 192 Å². The number of benzene rings is 2. The van der Waals surface area contributed by atoms with E-state index in [2.05, 4.69) is 5.32 Å². The first-order valence-electron chi connectivity index (χ1n) is 11.0. The molecule has 2 N–H and O–H groups in total. The van der Waals surface area contributed by atoms with Gasteiger partial charge in [-0.15, -0.1) is 11.3 Å². The first kappa shape index (κ1) is 22.2. The van der Waals surface area contributed by atoms with E-state index in [-0.39, 0.29) is 24.3 Å². The molecule has 0 bridgehead atoms. The number of thiophene rings is 1. The average molecular weight is 449 g/mol. The van der Waals surface area contributed by atoms with Crippen LogP contribution in [0, 0.1) is 5.92 Å². The van der Waals surface area contributed by atoms with Crippen molar-refractivity contribution in [3.8, 4) is 0 Å². The second-order valence-corrected chi connectivity index (χ2v) is 9.29. The fourth-order valence-electron chi connectivity index (χ4n) is 4.26. The van der Waals surface area contributed by atoms with Gasteiger partial charge in [0.25, 0.3) is 5.91 Å². The Bertz CT molecular complexity index is 1020. The lowest BCUT2D eigenvalue weighted by molar-refractivity contribution is -0.127. The molecule has 0 spiro atoms. The Kier molecular flexibility index (Phi) is 7.02. The maximum atomic E-state index is 13.0. The summed E-state index contributed by atoms with van der Waals surface area (Å²) < 4.78 is 0. The first-order valence-corrected chi connectivity index (χ1v) is 11.9. The molecule has 1 aromatic heterocycles. The zero-order valence-electron chi connectivity index (χ0n) is 17.9. The minimum absolute atomic E-state index is 0.0117. The van der Waals surface area contributed by atoms with E-state index in [0.29, 0.717) is 24.4 Å². The van der Waals surface area contributed by atoms with E-state index in [1.165, 1.54) is 11.3 Å². The summed E-state index contributed by atoms with van der Waals surface area (Å²) in [6.07, 6.45) is 1.93. The van der Waals surface area contributed by atoms with Crippen LogP contribution in [0.3, 0.4) is 0 Å². The van der Waals surface area contributed by atoms with Gasteiger partial charge in [-0.05, 0) is 35.4 Å². The van der Waals surface area contributed by atoms with Gasteiger partial charge in [0.2, 0.25) is 5.91 Å². The molecule has 1 fully saturated rings. The van der Waals surface area contributed by atoms with Crippen molar-refractivity contribution in [3.05, 3.63) is 94.2 Å². The van der Waals surface area contributed by atoms with Crippen LogP contribution in [0.25, 0.3) is 0 Å². The molecular weight excluding hydrogens is 420 g/mol. The van der Waals surface area contributed by atoms with Crippen LogP contribution in [-0.2, 0) is 16.8 Å². The van der Waals surface area contributed by atoms with Crippen molar-refractivity contribution in [2.24, 2.45) is 5.92 Å². The molecule has 2 atom stereocenters. The lowest BCUT2D eigenvalue weighted by Crippen LogP contribution is -2.48. The third-order valence-corrected chi connectivity index (χ3v) is 6.87. The summed E-state index contributed by atoms with van der Waals surface area (Å²) in [4.78, 5) is 28.2. The second-order valence-electron chi connectivity index (χ2n) is 8.35. The van der Waals surface area contributed by atoms with E-state index in [0.717, 1.165) is 24.0 Å². The second kappa shape index (κ2) is 10.1. The Morgan fingerprint density at radius 2 is 1.75 bits per heavy atom. The number of likely N-dealkylation sites (tertiary alicyclic amines) is 1. The number of amides is 2. The van der Waals surface area contributed by atoms with Crippen molar-refractivity contribution < 1.29 is 14.7 Å². The van der Waals surface area contributed by atoms with E-state index < -0.39 is 5.60 Å². The van der Waals surface area contributed by atoms with E-state index in [1.807, 2.05) is 78.2 Å². The monoisotopic (exact) mass is 448 g/mol. The van der Waals surface area contributed by atoms with Gasteiger partial charge in [0.05, 0.1) is 17.3 Å². The number of aliphatic hydroxyl groups is 1. The molecule has 1 saturated heterocycles. The topological polar surface area (TPSA) is 69.6 Å². The van der Waals surface area contributed by atoms with Gasteiger partial charge in [0, 0.05) is 19.5 Å². The van der Waals surface area contributed by atoms with Crippen LogP contribution in [0.1, 0.15) is 33.6 Å². The van der Waals surface area contributed by atoms with E-state index in [9.17, 15) is 14.7 Å². The Hall–Kier alpha value is -2.96. The molecule has 32 heavy (non-hydrogen) atoms. The minimum atomic E-state index is -1.22. The van der Waals surface area contributed by atoms with Crippen molar-refractivity contribution >= 4 is 23.2 Å². The van der Waals surface area contributed by atoms with Crippen LogP contribution < -0.4 is 5.32 Å². The van der Waals surface area contributed by atoms with Crippen LogP contribution in [0.15, 0.2) is 78.2 Å². The number of piperidine rings is 1. The molecule has 3 aromatic rings. The quantitative estimate of drug-likeness (QED) is 0.577. The zero-order chi connectivity index (χ0) is 22.4. The molecule has 0 aliphatic carbocycles. The summed E-state index contributed by atoms with van der Waals surface area (Å²) >= 11 is 1.42. The molecule has 1 aliphatic heterocycles. The van der Waals surface area contributed by atoms with Gasteiger partial charge in [-0.3, -0.25) is 9.59 Å². The number of hydrogen-bond donors (Lipinski definition) is 2. The summed E-state index contributed by atoms with van der Waals surface area (Å²) in [5, 5.41) is 16.4. The minimum Gasteiger partial charge on any atom is -0.383 e. The van der Waals surface area contributed by atoms with Gasteiger partial charge < -0.3 is 15.3 Å². The van der Waals surface area contributed by atoms with Crippen molar-refractivity contribution in [2.75, 3.05) is 19.6 Å². The Morgan fingerprint density at radius 3 is 2.44 bits per heavy atom. The molecule has 5 nitrogen and oxygen atoms in total. The summed E-state index contributed by atoms with van der Waals surface area (Å²) in [7, 11) is 0. The van der Waals surface area contributed by atoms with Crippen molar-refractivity contribution in [2.45, 2.75) is 24.9 Å². The summed E-state index contributed by atoms with van der Waals surface area (Å²) in [5.41, 5.74) is 0.542. The standard InChI is InChI=1S/C26H28N2O3S/c29-24(21-11-7-15-28(18-21)25(30)23-14-8-16-32-23)27-19-26(31,22-12-5-2-6-13-22)17-20-9-3-1-4-10-20/h1-6,8-10,12-14,16,21,31H,7,11,15,17-19H2,(H,27,29)/t21-,26-/m1/s1. The molecule has 4 rings (SSSR count). The van der Waals surface area contributed by atoms with Crippen LogP contribution in [0.4, 0.5) is 0 Å². The number of nitrogens with one attached hydrogen (secondary N) is 1. The van der Waals surface area contributed by atoms with Crippen molar-refractivity contribution in [1.82, 2.24) is 10.2 Å². The van der Waals surface area contributed by atoms with E-state index in [4.69, 9.17) is 0 Å². The molecule has 2 heterocycles. The highest BCUT2D eigenvalue weighted by molar-refractivity contribution is 7.12. The SMILES string of the molecule is O=C(NC[C@](O)(Cc1ccccc1)c1ccccc1)[C@@H]1CCCN(C(=O)c2cccs2)C1. The van der Waals surface area contributed by atoms with Crippen LogP contribution >= 0.6 is 11.3 Å². The highest BCUT2D eigenvalue weighted by atomic mass is 32.1. The number of nitrogens with zero attached hydrogens (tertiary/aromatic N) is 1. The highest BCUT2D eigenvalue weighted by Crippen LogP contribution is 2.26. The van der Waals surface area contributed by atoms with Gasteiger partial charge >= 0.3 is 0 Å². The average Bonchev–Trinajstić information content (AvgIpc) is 3.38. The molecule has 0 unspecified atom stereocenters. The third kappa shape index (κ3) is 5.26. The smallest absolute Gasteiger partial charge is 0.263 e. The summed E-state index contributed by atoms with van der Waals surface area (Å²) in [6, 6.07) is 22.9. The molecule has 2 aromatic carbocycles. The molecule has 6 heteroatoms. The van der Waals surface area contributed by atoms with Crippen LogP contribution in [-0.4, -0.2) is 41.5 Å². The van der Waals surface area contributed by atoms with Crippen LogP contribution in [0.5, 0.6) is 0 Å². The maximum absolute atomic E-state index is 13.0. The van der Waals surface area contributed by atoms with Gasteiger partial charge in [-0.25, -0.2) is 0 Å². The van der Waals surface area contributed by atoms with Gasteiger partial charge in [-0.2, -0.15) is 0 Å². The Morgan fingerprint density at radius 1 is 1.03 bits per heavy atom. The van der Waals surface area contributed by atoms with E-state index >= 15 is 0 Å². The number of carbonyl (C=O) groups excluding carboxylic acids is 2. The fraction of sp³-hybridized carbons (Fsp3) is 0.308. The van der Waals surface area contributed by atoms with Crippen LogP contribution in [0.2, 0.25) is 0 Å². The number of hydrogen-bond acceptors (Lipinski definition) is 4. The lowest BCUT2D eigenvalue weighted by atomic mass is 9.86. The molecule has 0 radical (unpaired) electrons. The van der Waals surface area contributed by atoms with Gasteiger partial charge in [0.15, 0.2) is 0 Å². The number of carbonyl (C=O) groups is 2. The predicted octanol–water partition coefficient (Wildman–Crippen LogP) is 3.85. The summed E-state index contributed by atoms with van der Waals surface area (Å²) in [5.74, 6) is -0.400. The number of rotatable bonds is 7. The Balaban J connectivity index is 1.43. The highest BCUT2D eigenvalue weighted by Gasteiger charge is 2.33. The predicted molar refractivity (Wildman–Crippen MR) is 126 cm³/mol. The summed E-state index contributed by atoms with van der Waals surface area (Å²) in [6.45, 7) is 1.19. The lowest BCUT2D eigenvalue weighted by Gasteiger charge is -2.33. The van der Waals surface area contributed by atoms with E-state index in [1.54, 1.807) is 4.90 Å². The molecule has 166 valence electrons. The van der Waals surface area contributed by atoms with Gasteiger partial charge in [0.1, 0.15) is 5.60 Å². The van der Waals surface area contributed by atoms with Gasteiger partial charge in [-0.1, -0.05) is 66.7 Å². The largest absolute Gasteiger partial charge is 0.383 e. The first-order chi connectivity index (χ1) is 15.5. The molecule has 1 aliphatic rings. The molecule has 2 amide bonds. The zero-order valence-corrected chi connectivity index (χ0v) is 18.8. The fourth-order valence-corrected chi connectivity index (χ4v) is 4.95. The molecule has 0 saturated carbocycles. The maximum Gasteiger partial charge on any atom is 0.263 e. The van der Waals surface area contributed by atoms with Crippen molar-refractivity contribution in [3.63, 3.8) is 0 Å². The third-order valence-electron chi connectivity index (χ3n) is 6.02. The molecular formula is C26H28N2O3S. The van der Waals surface area contributed by atoms with Crippen molar-refractivity contribution in [1.29, 1.82) is 0 Å².